The number of unbranched alkanes of at least 4 members (excludes halogenated alkanes) is 1. The fourth-order valence-electron chi connectivity index (χ4n) is 0.995. The van der Waals surface area contributed by atoms with E-state index in [0.717, 1.165) is 19.3 Å². The third kappa shape index (κ3) is 4.88. The van der Waals surface area contributed by atoms with Crippen molar-refractivity contribution in [3.05, 3.63) is 0 Å². The van der Waals surface area contributed by atoms with Gasteiger partial charge in [0.25, 0.3) is 0 Å². The van der Waals surface area contributed by atoms with Crippen LogP contribution >= 0.6 is 0 Å². The normalized spacial score (nSPS) is 12.5. The van der Waals surface area contributed by atoms with Crippen molar-refractivity contribution in [1.29, 1.82) is 0 Å². The van der Waals surface area contributed by atoms with E-state index in [0.29, 0.717) is 0 Å². The van der Waals surface area contributed by atoms with E-state index in [9.17, 15) is 9.59 Å². The summed E-state index contributed by atoms with van der Waals surface area (Å²) in [4.78, 5) is 21.2. The fraction of sp³-hybridized carbons (Fsp3) is 0.778. The molecule has 0 rings (SSSR count). The van der Waals surface area contributed by atoms with Crippen LogP contribution in [0.15, 0.2) is 0 Å². The molecule has 0 aliphatic heterocycles. The predicted octanol–water partition coefficient (Wildman–Crippen LogP) is 1.86. The molecule has 0 fully saturated rings. The fourth-order valence-corrected chi connectivity index (χ4v) is 0.995. The van der Waals surface area contributed by atoms with Crippen LogP contribution in [0.3, 0.4) is 0 Å². The zero-order valence-electron chi connectivity index (χ0n) is 7.67. The van der Waals surface area contributed by atoms with Gasteiger partial charge in [0, 0.05) is 5.92 Å². The molecule has 0 radical (unpaired) electrons. The average Bonchev–Trinajstić information content (AvgIpc) is 1.98. The maximum atomic E-state index is 11.1. The molecule has 0 amide bonds. The lowest BCUT2D eigenvalue weighted by molar-refractivity contribution is -0.141. The van der Waals surface area contributed by atoms with Crippen molar-refractivity contribution in [2.45, 2.75) is 39.5 Å². The third-order valence-electron chi connectivity index (χ3n) is 1.87. The minimum atomic E-state index is -1.02. The van der Waals surface area contributed by atoms with Crippen LogP contribution in [0, 0.1) is 5.92 Å². The van der Waals surface area contributed by atoms with Gasteiger partial charge in [-0.05, 0) is 6.42 Å². The van der Waals surface area contributed by atoms with Crippen molar-refractivity contribution < 1.29 is 14.7 Å². The van der Waals surface area contributed by atoms with Crippen LogP contribution in [-0.4, -0.2) is 16.9 Å². The largest absolute Gasteiger partial charge is 0.481 e. The van der Waals surface area contributed by atoms with Crippen molar-refractivity contribution >= 4 is 11.8 Å². The minimum Gasteiger partial charge on any atom is -0.481 e. The molecule has 3 nitrogen and oxygen atoms in total. The minimum absolute atomic E-state index is 0.0963. The number of Topliss-reactive ketones (excluding diaryl/α,β-unsaturated/α-hetero) is 1. The predicted molar refractivity (Wildman–Crippen MR) is 45.9 cm³/mol. The highest BCUT2D eigenvalue weighted by molar-refractivity contribution is 5.95. The number of rotatable bonds is 6. The monoisotopic (exact) mass is 172 g/mol. The van der Waals surface area contributed by atoms with Crippen molar-refractivity contribution in [3.8, 4) is 0 Å². The van der Waals surface area contributed by atoms with Gasteiger partial charge in [0.2, 0.25) is 0 Å². The van der Waals surface area contributed by atoms with Gasteiger partial charge in [-0.15, -0.1) is 0 Å². The molecule has 70 valence electrons. The van der Waals surface area contributed by atoms with Crippen LogP contribution in [0.25, 0.3) is 0 Å². The molecule has 0 saturated heterocycles. The lowest BCUT2D eigenvalue weighted by Crippen LogP contribution is -2.15. The van der Waals surface area contributed by atoms with Gasteiger partial charge in [-0.2, -0.15) is 0 Å². The zero-order chi connectivity index (χ0) is 9.56. The molecule has 0 aliphatic carbocycles. The third-order valence-corrected chi connectivity index (χ3v) is 1.87. The van der Waals surface area contributed by atoms with E-state index in [-0.39, 0.29) is 18.1 Å². The molecule has 0 aromatic heterocycles. The Bertz CT molecular complexity index is 163. The second-order valence-corrected chi connectivity index (χ2v) is 3.08. The SMILES string of the molecule is CCCCC(C)C(=O)CC(=O)O. The van der Waals surface area contributed by atoms with Gasteiger partial charge >= 0.3 is 5.97 Å². The number of carboxylic acids is 1. The van der Waals surface area contributed by atoms with E-state index in [1.54, 1.807) is 6.92 Å². The van der Waals surface area contributed by atoms with Crippen LogP contribution in [-0.2, 0) is 9.59 Å². The summed E-state index contributed by atoms with van der Waals surface area (Å²) in [5.74, 6) is -1.28. The van der Waals surface area contributed by atoms with Crippen LogP contribution in [0.1, 0.15) is 39.5 Å². The van der Waals surface area contributed by atoms with Gasteiger partial charge in [-0.3, -0.25) is 9.59 Å². The molecule has 0 aliphatic rings. The van der Waals surface area contributed by atoms with Gasteiger partial charge in [-0.25, -0.2) is 0 Å². The Kier molecular flexibility index (Phi) is 5.34. The van der Waals surface area contributed by atoms with Crippen molar-refractivity contribution in [1.82, 2.24) is 0 Å². The van der Waals surface area contributed by atoms with E-state index >= 15 is 0 Å². The Morgan fingerprint density at radius 2 is 2.00 bits per heavy atom. The van der Waals surface area contributed by atoms with E-state index in [2.05, 4.69) is 0 Å². The number of hydrogen-bond acceptors (Lipinski definition) is 2. The summed E-state index contributed by atoms with van der Waals surface area (Å²) >= 11 is 0. The second kappa shape index (κ2) is 5.75. The van der Waals surface area contributed by atoms with Gasteiger partial charge in [0.1, 0.15) is 12.2 Å². The molecule has 0 bridgehead atoms. The molecular weight excluding hydrogens is 156 g/mol. The molecule has 1 N–H and O–H groups in total. The summed E-state index contributed by atoms with van der Waals surface area (Å²) in [6.45, 7) is 3.84. The number of carboxylic acid groups (broad SMARTS) is 1. The van der Waals surface area contributed by atoms with E-state index in [1.165, 1.54) is 0 Å². The summed E-state index contributed by atoms with van der Waals surface area (Å²) in [7, 11) is 0. The summed E-state index contributed by atoms with van der Waals surface area (Å²) in [6.07, 6.45) is 2.52. The highest BCUT2D eigenvalue weighted by atomic mass is 16.4. The van der Waals surface area contributed by atoms with Crippen LogP contribution in [0.4, 0.5) is 0 Å². The highest BCUT2D eigenvalue weighted by Gasteiger charge is 2.14. The lowest BCUT2D eigenvalue weighted by atomic mass is 9.98. The number of carbonyl (C=O) groups is 2. The van der Waals surface area contributed by atoms with E-state index in [4.69, 9.17) is 5.11 Å². The Labute approximate surface area is 72.8 Å². The number of aliphatic carboxylic acids is 1. The Balaban J connectivity index is 3.69. The van der Waals surface area contributed by atoms with Crippen molar-refractivity contribution in [2.24, 2.45) is 5.92 Å². The molecule has 1 unspecified atom stereocenters. The first-order chi connectivity index (χ1) is 5.57. The second-order valence-electron chi connectivity index (χ2n) is 3.08. The Morgan fingerprint density at radius 1 is 1.42 bits per heavy atom. The first-order valence-electron chi connectivity index (χ1n) is 4.32. The number of hydrogen-bond donors (Lipinski definition) is 1. The Hall–Kier alpha value is -0.860. The van der Waals surface area contributed by atoms with Gasteiger partial charge in [0.05, 0.1) is 0 Å². The smallest absolute Gasteiger partial charge is 0.310 e. The molecule has 0 aromatic rings. The first-order valence-corrected chi connectivity index (χ1v) is 4.32. The van der Waals surface area contributed by atoms with Gasteiger partial charge in [-0.1, -0.05) is 26.7 Å². The maximum absolute atomic E-state index is 11.1. The lowest BCUT2D eigenvalue weighted by Gasteiger charge is -2.06. The standard InChI is InChI=1S/C9H16O3/c1-3-4-5-7(2)8(10)6-9(11)12/h7H,3-6H2,1-2H3,(H,11,12). The molecule has 1 atom stereocenters. The molecule has 0 aromatic carbocycles. The summed E-state index contributed by atoms with van der Waals surface area (Å²) in [5.41, 5.74) is 0. The zero-order valence-corrected chi connectivity index (χ0v) is 7.67. The van der Waals surface area contributed by atoms with E-state index in [1.807, 2.05) is 6.92 Å². The molecule has 12 heavy (non-hydrogen) atoms. The van der Waals surface area contributed by atoms with Crippen LogP contribution in [0.5, 0.6) is 0 Å². The molecular formula is C9H16O3. The summed E-state index contributed by atoms with van der Waals surface area (Å²) < 4.78 is 0. The van der Waals surface area contributed by atoms with E-state index < -0.39 is 5.97 Å². The number of ketones is 1. The Morgan fingerprint density at radius 3 is 2.42 bits per heavy atom. The van der Waals surface area contributed by atoms with Crippen LogP contribution in [0.2, 0.25) is 0 Å². The number of carbonyl (C=O) groups excluding carboxylic acids is 1. The summed E-state index contributed by atoms with van der Waals surface area (Å²) in [6, 6.07) is 0. The van der Waals surface area contributed by atoms with Gasteiger partial charge in [0.15, 0.2) is 0 Å². The first kappa shape index (κ1) is 11.1. The molecule has 0 saturated carbocycles. The van der Waals surface area contributed by atoms with Gasteiger partial charge < -0.3 is 5.11 Å². The highest BCUT2D eigenvalue weighted by Crippen LogP contribution is 2.10. The molecule has 3 heteroatoms. The molecule has 0 spiro atoms. The molecule has 0 heterocycles. The summed E-state index contributed by atoms with van der Waals surface area (Å²) in [5, 5.41) is 8.34. The van der Waals surface area contributed by atoms with Crippen molar-refractivity contribution in [2.75, 3.05) is 0 Å². The maximum Gasteiger partial charge on any atom is 0.310 e. The van der Waals surface area contributed by atoms with Crippen molar-refractivity contribution in [3.63, 3.8) is 0 Å². The average molecular weight is 172 g/mol. The quantitative estimate of drug-likeness (QED) is 0.622. The van der Waals surface area contributed by atoms with Crippen LogP contribution < -0.4 is 0 Å². The topological polar surface area (TPSA) is 54.4 Å².